The molecule has 4 bridgehead atoms. The zero-order valence-electron chi connectivity index (χ0n) is 14.1. The summed E-state index contributed by atoms with van der Waals surface area (Å²) in [6, 6.07) is 9.39. The van der Waals surface area contributed by atoms with Crippen LogP contribution in [0, 0.1) is 34.5 Å². The Morgan fingerprint density at radius 1 is 0.778 bits per heavy atom. The van der Waals surface area contributed by atoms with E-state index in [4.69, 9.17) is 9.78 Å². The van der Waals surface area contributed by atoms with Gasteiger partial charge in [0, 0.05) is 10.8 Å². The summed E-state index contributed by atoms with van der Waals surface area (Å²) < 4.78 is 4.97. The summed E-state index contributed by atoms with van der Waals surface area (Å²) in [4.78, 5) is 38.4. The number of rotatable bonds is 1. The standard InChI is InChI=1S/C20H15N3O4/c24-17-21(8-4-2-1-3-5-8)18(25)23-16-13-11-12(13)15(22(17)23)19-9-6-7-10(27-26-9)20(16,19)14(11)19/h1-7,9-16H. The van der Waals surface area contributed by atoms with Gasteiger partial charge in [-0.25, -0.2) is 33.3 Å². The summed E-state index contributed by atoms with van der Waals surface area (Å²) in [7, 11) is 0. The van der Waals surface area contributed by atoms with E-state index in [2.05, 4.69) is 12.2 Å². The first kappa shape index (κ1) is 12.9. The van der Waals surface area contributed by atoms with Crippen LogP contribution in [0.4, 0.5) is 0 Å². The first-order valence-corrected chi connectivity index (χ1v) is 9.77. The smallest absolute Gasteiger partial charge is 0.245 e. The fourth-order valence-corrected chi connectivity index (χ4v) is 8.98. The van der Waals surface area contributed by atoms with Crippen molar-refractivity contribution in [2.24, 2.45) is 34.5 Å². The molecule has 0 N–H and O–H groups in total. The number of aromatic nitrogens is 3. The molecule has 5 heterocycles. The molecule has 8 atom stereocenters. The van der Waals surface area contributed by atoms with Gasteiger partial charge in [0.15, 0.2) is 0 Å². The fraction of sp³-hybridized carbons (Fsp3) is 0.500. The van der Waals surface area contributed by atoms with Crippen LogP contribution < -0.4 is 11.4 Å². The van der Waals surface area contributed by atoms with Crippen LogP contribution in [0.1, 0.15) is 12.1 Å². The Hall–Kier alpha value is -2.38. The number of fused-ring (bicyclic) bond motifs is 1. The molecule has 9 aliphatic rings. The maximum absolute atomic E-state index is 13.5. The molecule has 7 nitrogen and oxygen atoms in total. The third-order valence-corrected chi connectivity index (χ3v) is 9.19. The monoisotopic (exact) mass is 361 g/mol. The SMILES string of the molecule is O=c1n(-c2ccccc2)c(=O)n2n1C1C3C4C3C3C15C1C=CC(OO1)C35C42. The van der Waals surface area contributed by atoms with Gasteiger partial charge in [0.1, 0.15) is 12.2 Å². The third kappa shape index (κ3) is 0.870. The van der Waals surface area contributed by atoms with E-state index in [-0.39, 0.29) is 46.5 Å². The lowest BCUT2D eigenvalue weighted by Gasteiger charge is -2.55. The van der Waals surface area contributed by atoms with Gasteiger partial charge >= 0.3 is 11.4 Å². The molecule has 2 spiro atoms. The van der Waals surface area contributed by atoms with Crippen molar-refractivity contribution >= 4 is 0 Å². The molecule has 1 saturated heterocycles. The molecule has 134 valence electrons. The van der Waals surface area contributed by atoms with Gasteiger partial charge in [-0.1, -0.05) is 30.4 Å². The zero-order chi connectivity index (χ0) is 17.4. The van der Waals surface area contributed by atoms with Crippen molar-refractivity contribution in [3.63, 3.8) is 0 Å². The van der Waals surface area contributed by atoms with Gasteiger partial charge in [0.05, 0.1) is 17.8 Å². The van der Waals surface area contributed by atoms with Gasteiger partial charge in [-0.2, -0.15) is 0 Å². The average molecular weight is 361 g/mol. The van der Waals surface area contributed by atoms with E-state index in [1.165, 1.54) is 4.57 Å². The van der Waals surface area contributed by atoms with Crippen LogP contribution in [0.5, 0.6) is 0 Å². The minimum Gasteiger partial charge on any atom is -0.245 e. The van der Waals surface area contributed by atoms with E-state index < -0.39 is 0 Å². The number of benzene rings is 1. The molecule has 5 aliphatic carbocycles. The number of hydrogen-bond acceptors (Lipinski definition) is 4. The van der Waals surface area contributed by atoms with Gasteiger partial charge in [-0.15, -0.1) is 0 Å². The predicted octanol–water partition coefficient (Wildman–Crippen LogP) is 0.657. The first-order chi connectivity index (χ1) is 13.3. The highest BCUT2D eigenvalue weighted by molar-refractivity contribution is 5.55. The highest BCUT2D eigenvalue weighted by Gasteiger charge is 3.07. The van der Waals surface area contributed by atoms with Gasteiger partial charge in [-0.05, 0) is 35.8 Å². The number of para-hydroxylation sites is 1. The Morgan fingerprint density at radius 2 is 1.33 bits per heavy atom. The van der Waals surface area contributed by atoms with Crippen molar-refractivity contribution in [3.05, 3.63) is 63.5 Å². The van der Waals surface area contributed by atoms with Gasteiger partial charge < -0.3 is 0 Å². The molecular formula is C20H15N3O4. The lowest BCUT2D eigenvalue weighted by Crippen LogP contribution is -2.62. The molecule has 0 radical (unpaired) electrons. The minimum atomic E-state index is -0.202. The van der Waals surface area contributed by atoms with Crippen molar-refractivity contribution in [3.8, 4) is 5.69 Å². The molecule has 0 amide bonds. The summed E-state index contributed by atoms with van der Waals surface area (Å²) in [6.07, 6.45) is 4.08. The molecule has 27 heavy (non-hydrogen) atoms. The van der Waals surface area contributed by atoms with Crippen LogP contribution in [-0.2, 0) is 9.78 Å². The van der Waals surface area contributed by atoms with Crippen LogP contribution in [-0.4, -0.2) is 26.1 Å². The molecule has 1 aromatic heterocycles. The summed E-state index contributed by atoms with van der Waals surface area (Å²) in [5, 5.41) is 0. The Kier molecular flexibility index (Phi) is 1.57. The van der Waals surface area contributed by atoms with E-state index >= 15 is 0 Å². The van der Waals surface area contributed by atoms with Crippen molar-refractivity contribution in [1.29, 1.82) is 0 Å². The normalized spacial score (nSPS) is 54.8. The van der Waals surface area contributed by atoms with Gasteiger partial charge in [0.25, 0.3) is 0 Å². The van der Waals surface area contributed by atoms with Gasteiger partial charge in [0.2, 0.25) is 0 Å². The van der Waals surface area contributed by atoms with Crippen LogP contribution in [0.3, 0.4) is 0 Å². The Balaban J connectivity index is 1.41. The van der Waals surface area contributed by atoms with Crippen LogP contribution in [0.15, 0.2) is 52.1 Å². The molecule has 4 aliphatic heterocycles. The zero-order valence-corrected chi connectivity index (χ0v) is 14.1. The summed E-state index contributed by atoms with van der Waals surface area (Å²) in [5.41, 5.74) is 0.152. The van der Waals surface area contributed by atoms with E-state index in [1.807, 2.05) is 39.7 Å². The minimum absolute atomic E-state index is 0.0431. The summed E-state index contributed by atoms with van der Waals surface area (Å²) in [6.45, 7) is 0. The van der Waals surface area contributed by atoms with Crippen molar-refractivity contribution in [2.75, 3.05) is 0 Å². The Labute approximate surface area is 152 Å². The third-order valence-electron chi connectivity index (χ3n) is 9.19. The van der Waals surface area contributed by atoms with Gasteiger partial charge in [-0.3, -0.25) is 0 Å². The molecule has 11 rings (SSSR count). The second kappa shape index (κ2) is 3.29. The molecule has 8 unspecified atom stereocenters. The Morgan fingerprint density at radius 3 is 1.85 bits per heavy atom. The first-order valence-electron chi connectivity index (χ1n) is 9.77. The topological polar surface area (TPSA) is 67.4 Å². The summed E-state index contributed by atoms with van der Waals surface area (Å²) in [5.74, 6) is 2.22. The van der Waals surface area contributed by atoms with Crippen molar-refractivity contribution in [1.82, 2.24) is 13.9 Å². The quantitative estimate of drug-likeness (QED) is 0.553. The molecule has 2 aromatic rings. The largest absolute Gasteiger partial charge is 0.352 e. The number of nitrogens with zero attached hydrogens (tertiary/aromatic N) is 3. The highest BCUT2D eigenvalue weighted by Crippen LogP contribution is 3.05. The predicted molar refractivity (Wildman–Crippen MR) is 90.1 cm³/mol. The molecule has 7 heteroatoms. The second-order valence-corrected chi connectivity index (χ2v) is 9.31. The molecule has 5 fully saturated rings. The summed E-state index contributed by atoms with van der Waals surface area (Å²) >= 11 is 0. The molecule has 1 aromatic carbocycles. The van der Waals surface area contributed by atoms with E-state index in [1.54, 1.807) is 0 Å². The highest BCUT2D eigenvalue weighted by atomic mass is 17.2. The maximum Gasteiger partial charge on any atom is 0.352 e. The van der Waals surface area contributed by atoms with Crippen molar-refractivity contribution < 1.29 is 9.78 Å². The molecule has 4 saturated carbocycles. The lowest BCUT2D eigenvalue weighted by molar-refractivity contribution is -0.403. The van der Waals surface area contributed by atoms with Crippen molar-refractivity contribution in [2.45, 2.75) is 24.3 Å². The average Bonchev–Trinajstić information content (AvgIpc) is 3.50. The van der Waals surface area contributed by atoms with E-state index in [0.29, 0.717) is 29.4 Å². The van der Waals surface area contributed by atoms with E-state index in [9.17, 15) is 9.59 Å². The van der Waals surface area contributed by atoms with Crippen LogP contribution in [0.25, 0.3) is 5.69 Å². The Bertz CT molecular complexity index is 1180. The maximum atomic E-state index is 13.5. The number of hydrogen-bond donors (Lipinski definition) is 0. The molecular weight excluding hydrogens is 346 g/mol. The fourth-order valence-electron chi connectivity index (χ4n) is 8.98. The second-order valence-electron chi connectivity index (χ2n) is 9.31. The van der Waals surface area contributed by atoms with Crippen LogP contribution in [0.2, 0.25) is 0 Å². The van der Waals surface area contributed by atoms with E-state index in [0.717, 1.165) is 0 Å². The van der Waals surface area contributed by atoms with Crippen LogP contribution >= 0.6 is 0 Å². The lowest BCUT2D eigenvalue weighted by atomic mass is 9.64.